The van der Waals surface area contributed by atoms with Crippen LogP contribution in [0.2, 0.25) is 0 Å². The normalized spacial score (nSPS) is 15.9. The van der Waals surface area contributed by atoms with Crippen LogP contribution in [0.5, 0.6) is 0 Å². The summed E-state index contributed by atoms with van der Waals surface area (Å²) in [4.78, 5) is 14.5. The van der Waals surface area contributed by atoms with Crippen molar-refractivity contribution in [2.45, 2.75) is 40.0 Å². The van der Waals surface area contributed by atoms with Crippen LogP contribution in [-0.4, -0.2) is 36.2 Å². The fraction of sp³-hybridized carbons (Fsp3) is 0.529. The fourth-order valence-electron chi connectivity index (χ4n) is 2.54. The van der Waals surface area contributed by atoms with Crippen molar-refractivity contribution in [2.75, 3.05) is 19.6 Å². The summed E-state index contributed by atoms with van der Waals surface area (Å²) in [6.07, 6.45) is 3.09. The van der Waals surface area contributed by atoms with Gasteiger partial charge >= 0.3 is 0 Å². The molecule has 1 amide bonds. The Balaban J connectivity index is 1.89. The Kier molecular flexibility index (Phi) is 5.51. The number of nitrogens with one attached hydrogen (secondary N) is 1. The van der Waals surface area contributed by atoms with E-state index in [1.807, 2.05) is 32.0 Å². The van der Waals surface area contributed by atoms with Gasteiger partial charge in [0.2, 0.25) is 0 Å². The molecule has 1 fully saturated rings. The molecule has 4 heteroatoms. The molecule has 114 valence electrons. The minimum atomic E-state index is -0.124. The summed E-state index contributed by atoms with van der Waals surface area (Å²) in [5.41, 5.74) is 6.79. The van der Waals surface area contributed by atoms with Gasteiger partial charge in [-0.05, 0) is 50.1 Å². The Morgan fingerprint density at radius 2 is 1.95 bits per heavy atom. The Hall–Kier alpha value is -1.68. The van der Waals surface area contributed by atoms with Crippen molar-refractivity contribution in [3.05, 3.63) is 34.9 Å². The second-order valence-corrected chi connectivity index (χ2v) is 5.76. The molecule has 1 aliphatic rings. The maximum atomic E-state index is 12.1. The topological polar surface area (TPSA) is 44.7 Å². The van der Waals surface area contributed by atoms with Crippen molar-refractivity contribution in [1.82, 2.24) is 10.3 Å². The molecular weight excluding hydrogens is 262 g/mol. The highest BCUT2D eigenvalue weighted by Gasteiger charge is 2.14. The number of hydrogen-bond acceptors (Lipinski definition) is 3. The van der Waals surface area contributed by atoms with Gasteiger partial charge in [-0.2, -0.15) is 5.10 Å². The number of benzene rings is 1. The predicted molar refractivity (Wildman–Crippen MR) is 86.8 cm³/mol. The molecule has 21 heavy (non-hydrogen) atoms. The molecule has 0 bridgehead atoms. The highest BCUT2D eigenvalue weighted by atomic mass is 16.2. The summed E-state index contributed by atoms with van der Waals surface area (Å²) in [5, 5.41) is 4.30. The van der Waals surface area contributed by atoms with E-state index >= 15 is 0 Å². The third-order valence-corrected chi connectivity index (χ3v) is 4.06. The molecule has 1 aromatic carbocycles. The van der Waals surface area contributed by atoms with Gasteiger partial charge in [-0.3, -0.25) is 4.79 Å². The lowest BCUT2D eigenvalue weighted by molar-refractivity contribution is 0.0954. The van der Waals surface area contributed by atoms with Crippen LogP contribution >= 0.6 is 0 Å². The smallest absolute Gasteiger partial charge is 0.271 e. The number of hydrogen-bond donors (Lipinski definition) is 1. The largest absolute Gasteiger partial charge is 0.303 e. The van der Waals surface area contributed by atoms with Crippen LogP contribution < -0.4 is 5.43 Å². The Morgan fingerprint density at radius 1 is 1.24 bits per heavy atom. The number of likely N-dealkylation sites (tertiary alicyclic amines) is 1. The lowest BCUT2D eigenvalue weighted by Crippen LogP contribution is -2.35. The van der Waals surface area contributed by atoms with E-state index in [2.05, 4.69) is 22.4 Å². The summed E-state index contributed by atoms with van der Waals surface area (Å²) in [6.45, 7) is 9.51. The molecule has 1 N–H and O–H groups in total. The molecule has 0 spiro atoms. The van der Waals surface area contributed by atoms with E-state index in [9.17, 15) is 4.79 Å². The van der Waals surface area contributed by atoms with Gasteiger partial charge in [-0.15, -0.1) is 0 Å². The van der Waals surface area contributed by atoms with Crippen LogP contribution in [0, 0.1) is 13.8 Å². The molecular formula is C17H25N3O. The first kappa shape index (κ1) is 15.7. The van der Waals surface area contributed by atoms with Crippen molar-refractivity contribution in [2.24, 2.45) is 5.10 Å². The average Bonchev–Trinajstić information content (AvgIpc) is 2.49. The summed E-state index contributed by atoms with van der Waals surface area (Å²) in [7, 11) is 0. The van der Waals surface area contributed by atoms with E-state index in [1.54, 1.807) is 0 Å². The van der Waals surface area contributed by atoms with Crippen LogP contribution in [0.25, 0.3) is 0 Å². The maximum Gasteiger partial charge on any atom is 0.271 e. The first-order valence-corrected chi connectivity index (χ1v) is 7.75. The van der Waals surface area contributed by atoms with Gasteiger partial charge < -0.3 is 4.90 Å². The van der Waals surface area contributed by atoms with Crippen LogP contribution in [0.15, 0.2) is 23.3 Å². The van der Waals surface area contributed by atoms with Gasteiger partial charge in [0.05, 0.1) is 0 Å². The third-order valence-electron chi connectivity index (χ3n) is 4.06. The molecule has 4 nitrogen and oxygen atoms in total. The Morgan fingerprint density at radius 3 is 2.57 bits per heavy atom. The molecule has 2 rings (SSSR count). The van der Waals surface area contributed by atoms with E-state index < -0.39 is 0 Å². The fourth-order valence-corrected chi connectivity index (χ4v) is 2.54. The molecule has 0 atom stereocenters. The summed E-state index contributed by atoms with van der Waals surface area (Å²) in [6, 6.07) is 5.73. The van der Waals surface area contributed by atoms with E-state index in [4.69, 9.17) is 0 Å². The zero-order chi connectivity index (χ0) is 15.2. The first-order chi connectivity index (χ1) is 10.1. The van der Waals surface area contributed by atoms with E-state index in [1.165, 1.54) is 12.0 Å². The van der Waals surface area contributed by atoms with Crippen molar-refractivity contribution < 1.29 is 4.79 Å². The summed E-state index contributed by atoms with van der Waals surface area (Å²) < 4.78 is 0. The van der Waals surface area contributed by atoms with E-state index in [-0.39, 0.29) is 5.91 Å². The van der Waals surface area contributed by atoms with Crippen LogP contribution in [0.4, 0.5) is 0 Å². The second kappa shape index (κ2) is 7.36. The number of nitrogens with zero attached hydrogens (tertiary/aromatic N) is 2. The minimum absolute atomic E-state index is 0.124. The zero-order valence-corrected chi connectivity index (χ0v) is 13.3. The van der Waals surface area contributed by atoms with E-state index in [0.717, 1.165) is 43.8 Å². The summed E-state index contributed by atoms with van der Waals surface area (Å²) >= 11 is 0. The minimum Gasteiger partial charge on any atom is -0.303 e. The number of carbonyl (C=O) groups excluding carboxylic acids is 1. The highest BCUT2D eigenvalue weighted by molar-refractivity contribution is 5.95. The van der Waals surface area contributed by atoms with Crippen molar-refractivity contribution in [1.29, 1.82) is 0 Å². The second-order valence-electron chi connectivity index (χ2n) is 5.76. The number of rotatable bonds is 4. The average molecular weight is 287 g/mol. The first-order valence-electron chi connectivity index (χ1n) is 7.75. The number of amides is 1. The van der Waals surface area contributed by atoms with Gasteiger partial charge in [0, 0.05) is 37.2 Å². The van der Waals surface area contributed by atoms with Gasteiger partial charge in [0.15, 0.2) is 0 Å². The van der Waals surface area contributed by atoms with Crippen LogP contribution in [0.3, 0.4) is 0 Å². The lowest BCUT2D eigenvalue weighted by atomic mass is 10.1. The lowest BCUT2D eigenvalue weighted by Gasteiger charge is -2.26. The molecule has 0 radical (unpaired) electrons. The Bertz CT molecular complexity index is 527. The molecule has 1 heterocycles. The molecule has 1 aromatic rings. The maximum absolute atomic E-state index is 12.1. The van der Waals surface area contributed by atoms with E-state index in [0.29, 0.717) is 5.56 Å². The summed E-state index contributed by atoms with van der Waals surface area (Å²) in [5.74, 6) is -0.124. The van der Waals surface area contributed by atoms with Crippen LogP contribution in [-0.2, 0) is 0 Å². The SMILES string of the molecule is CCCN1CCC(=NNC(=O)c2ccc(C)c(C)c2)CC1. The number of aryl methyl sites for hydroxylation is 2. The number of carbonyl (C=O) groups is 1. The molecule has 1 saturated heterocycles. The van der Waals surface area contributed by atoms with Crippen LogP contribution in [0.1, 0.15) is 47.7 Å². The van der Waals surface area contributed by atoms with Crippen molar-refractivity contribution >= 4 is 11.6 Å². The van der Waals surface area contributed by atoms with Gasteiger partial charge in [-0.1, -0.05) is 13.0 Å². The van der Waals surface area contributed by atoms with Gasteiger partial charge in [-0.25, -0.2) is 5.43 Å². The molecule has 0 aliphatic carbocycles. The van der Waals surface area contributed by atoms with Crippen molar-refractivity contribution in [3.8, 4) is 0 Å². The highest BCUT2D eigenvalue weighted by Crippen LogP contribution is 2.10. The number of hydrazone groups is 1. The Labute approximate surface area is 127 Å². The van der Waals surface area contributed by atoms with Gasteiger partial charge in [0.25, 0.3) is 5.91 Å². The zero-order valence-electron chi connectivity index (χ0n) is 13.3. The number of piperidine rings is 1. The molecule has 1 aliphatic heterocycles. The van der Waals surface area contributed by atoms with Gasteiger partial charge in [0.1, 0.15) is 0 Å². The molecule has 0 unspecified atom stereocenters. The predicted octanol–water partition coefficient (Wildman–Crippen LogP) is 2.90. The standard InChI is InChI=1S/C17H25N3O/c1-4-9-20-10-7-16(8-11-20)18-19-17(21)15-6-5-13(2)14(3)12-15/h5-6,12H,4,7-11H2,1-3H3,(H,19,21). The monoisotopic (exact) mass is 287 g/mol. The molecule has 0 aromatic heterocycles. The molecule has 0 saturated carbocycles. The van der Waals surface area contributed by atoms with Crippen molar-refractivity contribution in [3.63, 3.8) is 0 Å². The third kappa shape index (κ3) is 4.39. The quantitative estimate of drug-likeness (QED) is 0.865.